The Morgan fingerprint density at radius 1 is 1.50 bits per heavy atom. The van der Waals surface area contributed by atoms with Crippen molar-refractivity contribution in [2.24, 2.45) is 0 Å². The number of aromatic amines is 1. The van der Waals surface area contributed by atoms with Crippen LogP contribution in [0.2, 0.25) is 5.02 Å². The van der Waals surface area contributed by atoms with Crippen LogP contribution < -0.4 is 10.6 Å². The minimum Gasteiger partial charge on any atom is -0.344 e. The van der Waals surface area contributed by atoms with E-state index in [2.05, 4.69) is 20.8 Å². The molecule has 0 aliphatic carbocycles. The SMILES string of the molecule is CCC(NC(=O)c1n[nH]c2c1CNCC2)c1cccc(Cl)c1. The number of nitrogens with zero attached hydrogens (tertiary/aromatic N) is 1. The van der Waals surface area contributed by atoms with Gasteiger partial charge in [0.05, 0.1) is 6.04 Å². The van der Waals surface area contributed by atoms with Crippen LogP contribution in [0.3, 0.4) is 0 Å². The predicted octanol–water partition coefficient (Wildman–Crippen LogP) is 2.59. The Kier molecular flexibility index (Phi) is 4.45. The van der Waals surface area contributed by atoms with Gasteiger partial charge >= 0.3 is 0 Å². The molecule has 1 amide bonds. The maximum absolute atomic E-state index is 12.6. The number of H-pyrrole nitrogens is 1. The Hall–Kier alpha value is -1.85. The topological polar surface area (TPSA) is 69.8 Å². The molecule has 2 aromatic rings. The van der Waals surface area contributed by atoms with Gasteiger partial charge in [0.2, 0.25) is 0 Å². The van der Waals surface area contributed by atoms with E-state index in [4.69, 9.17) is 11.6 Å². The number of carbonyl (C=O) groups excluding carboxylic acids is 1. The first kappa shape index (κ1) is 15.1. The van der Waals surface area contributed by atoms with Gasteiger partial charge < -0.3 is 10.6 Å². The average Bonchev–Trinajstić information content (AvgIpc) is 2.96. The third-order valence-electron chi connectivity index (χ3n) is 3.99. The molecule has 1 unspecified atom stereocenters. The van der Waals surface area contributed by atoms with Crippen molar-refractivity contribution < 1.29 is 4.79 Å². The van der Waals surface area contributed by atoms with Gasteiger partial charge in [-0.2, -0.15) is 5.10 Å². The van der Waals surface area contributed by atoms with E-state index >= 15 is 0 Å². The van der Waals surface area contributed by atoms with Crippen LogP contribution in [-0.4, -0.2) is 22.6 Å². The van der Waals surface area contributed by atoms with Crippen molar-refractivity contribution in [1.29, 1.82) is 0 Å². The van der Waals surface area contributed by atoms with Gasteiger partial charge in [-0.3, -0.25) is 9.89 Å². The summed E-state index contributed by atoms with van der Waals surface area (Å²) in [6.45, 7) is 3.63. The van der Waals surface area contributed by atoms with E-state index in [-0.39, 0.29) is 11.9 Å². The maximum atomic E-state index is 12.6. The van der Waals surface area contributed by atoms with Gasteiger partial charge in [-0.15, -0.1) is 0 Å². The molecule has 6 heteroatoms. The van der Waals surface area contributed by atoms with Crippen molar-refractivity contribution >= 4 is 17.5 Å². The lowest BCUT2D eigenvalue weighted by Crippen LogP contribution is -2.31. The molecule has 0 spiro atoms. The minimum atomic E-state index is -0.145. The van der Waals surface area contributed by atoms with E-state index in [0.29, 0.717) is 17.3 Å². The molecule has 0 fully saturated rings. The highest BCUT2D eigenvalue weighted by molar-refractivity contribution is 6.30. The van der Waals surface area contributed by atoms with Crippen molar-refractivity contribution in [2.75, 3.05) is 6.54 Å². The van der Waals surface area contributed by atoms with Gasteiger partial charge in [0.1, 0.15) is 0 Å². The summed E-state index contributed by atoms with van der Waals surface area (Å²) >= 11 is 6.04. The van der Waals surface area contributed by atoms with Crippen LogP contribution in [0.1, 0.15) is 46.7 Å². The third kappa shape index (κ3) is 3.00. The third-order valence-corrected chi connectivity index (χ3v) is 4.22. The summed E-state index contributed by atoms with van der Waals surface area (Å²) in [4.78, 5) is 12.6. The minimum absolute atomic E-state index is 0.0740. The number of aromatic nitrogens is 2. The van der Waals surface area contributed by atoms with Crippen molar-refractivity contribution in [3.05, 3.63) is 51.8 Å². The number of carbonyl (C=O) groups is 1. The smallest absolute Gasteiger partial charge is 0.272 e. The fourth-order valence-electron chi connectivity index (χ4n) is 2.78. The molecule has 3 N–H and O–H groups in total. The fourth-order valence-corrected chi connectivity index (χ4v) is 2.98. The summed E-state index contributed by atoms with van der Waals surface area (Å²) in [6.07, 6.45) is 1.66. The Balaban J connectivity index is 1.79. The fraction of sp³-hybridized carbons (Fsp3) is 0.375. The summed E-state index contributed by atoms with van der Waals surface area (Å²) in [6, 6.07) is 7.51. The van der Waals surface area contributed by atoms with Crippen LogP contribution in [0.15, 0.2) is 24.3 Å². The number of benzene rings is 1. The maximum Gasteiger partial charge on any atom is 0.272 e. The highest BCUT2D eigenvalue weighted by Gasteiger charge is 2.23. The summed E-state index contributed by atoms with van der Waals surface area (Å²) in [7, 11) is 0. The first-order valence-corrected chi connectivity index (χ1v) is 7.90. The van der Waals surface area contributed by atoms with E-state index in [9.17, 15) is 4.79 Å². The van der Waals surface area contributed by atoms with Crippen molar-refractivity contribution in [2.45, 2.75) is 32.4 Å². The monoisotopic (exact) mass is 318 g/mol. The molecule has 0 saturated carbocycles. The molecule has 0 saturated heterocycles. The average molecular weight is 319 g/mol. The quantitative estimate of drug-likeness (QED) is 0.811. The summed E-state index contributed by atoms with van der Waals surface area (Å²) < 4.78 is 0. The highest BCUT2D eigenvalue weighted by atomic mass is 35.5. The second-order valence-electron chi connectivity index (χ2n) is 5.45. The first-order valence-electron chi connectivity index (χ1n) is 7.52. The number of hydrogen-bond donors (Lipinski definition) is 3. The van der Waals surface area contributed by atoms with Crippen molar-refractivity contribution in [1.82, 2.24) is 20.8 Å². The molecule has 0 bridgehead atoms. The zero-order valence-corrected chi connectivity index (χ0v) is 13.2. The molecule has 1 aromatic heterocycles. The van der Waals surface area contributed by atoms with Crippen molar-refractivity contribution in [3.63, 3.8) is 0 Å². The van der Waals surface area contributed by atoms with E-state index < -0.39 is 0 Å². The van der Waals surface area contributed by atoms with Gasteiger partial charge in [0.15, 0.2) is 5.69 Å². The van der Waals surface area contributed by atoms with Crippen molar-refractivity contribution in [3.8, 4) is 0 Å². The zero-order chi connectivity index (χ0) is 15.5. The Bertz CT molecular complexity index is 683. The molecule has 5 nitrogen and oxygen atoms in total. The number of halogens is 1. The Morgan fingerprint density at radius 3 is 3.14 bits per heavy atom. The molecular weight excluding hydrogens is 300 g/mol. The Morgan fingerprint density at radius 2 is 2.36 bits per heavy atom. The molecule has 1 atom stereocenters. The second-order valence-corrected chi connectivity index (χ2v) is 5.88. The van der Waals surface area contributed by atoms with E-state index in [1.165, 1.54) is 0 Å². The normalized spacial score (nSPS) is 15.2. The molecule has 1 aliphatic heterocycles. The number of rotatable bonds is 4. The van der Waals surface area contributed by atoms with Crippen LogP contribution >= 0.6 is 11.6 Å². The largest absolute Gasteiger partial charge is 0.344 e. The molecule has 0 radical (unpaired) electrons. The molecule has 1 aromatic carbocycles. The number of fused-ring (bicyclic) bond motifs is 1. The molecule has 2 heterocycles. The standard InChI is InChI=1S/C16H19ClN4O/c1-2-13(10-4-3-5-11(17)8-10)19-16(22)15-12-9-18-7-6-14(12)20-21-15/h3-5,8,13,18H,2,6-7,9H2,1H3,(H,19,22)(H,20,21). The molecule has 1 aliphatic rings. The van der Waals surface area contributed by atoms with Crippen LogP contribution in [0, 0.1) is 0 Å². The lowest BCUT2D eigenvalue weighted by atomic mass is 10.0. The van der Waals surface area contributed by atoms with E-state index in [0.717, 1.165) is 36.2 Å². The van der Waals surface area contributed by atoms with Gasteiger partial charge in [0, 0.05) is 35.8 Å². The molecular formula is C16H19ClN4O. The first-order chi connectivity index (χ1) is 10.7. The van der Waals surface area contributed by atoms with Gasteiger partial charge in [-0.1, -0.05) is 30.7 Å². The summed E-state index contributed by atoms with van der Waals surface area (Å²) in [5.74, 6) is -0.145. The van der Waals surface area contributed by atoms with E-state index in [1.54, 1.807) is 0 Å². The molecule has 22 heavy (non-hydrogen) atoms. The lowest BCUT2D eigenvalue weighted by Gasteiger charge is -2.18. The second kappa shape index (κ2) is 6.50. The Labute approximate surface area is 134 Å². The van der Waals surface area contributed by atoms with Gasteiger partial charge in [-0.05, 0) is 24.1 Å². The number of nitrogens with one attached hydrogen (secondary N) is 3. The van der Waals surface area contributed by atoms with E-state index in [1.807, 2.05) is 31.2 Å². The zero-order valence-electron chi connectivity index (χ0n) is 12.4. The van der Waals surface area contributed by atoms with Gasteiger partial charge in [-0.25, -0.2) is 0 Å². The predicted molar refractivity (Wildman–Crippen MR) is 85.9 cm³/mol. The lowest BCUT2D eigenvalue weighted by molar-refractivity contribution is 0.0929. The number of hydrogen-bond acceptors (Lipinski definition) is 3. The number of amides is 1. The summed E-state index contributed by atoms with van der Waals surface area (Å²) in [5, 5.41) is 14.2. The summed E-state index contributed by atoms with van der Waals surface area (Å²) in [5.41, 5.74) is 3.53. The van der Waals surface area contributed by atoms with Gasteiger partial charge in [0.25, 0.3) is 5.91 Å². The highest BCUT2D eigenvalue weighted by Crippen LogP contribution is 2.22. The molecule has 3 rings (SSSR count). The van der Waals surface area contributed by atoms with Crippen LogP contribution in [0.4, 0.5) is 0 Å². The molecule has 116 valence electrons. The van der Waals surface area contributed by atoms with Crippen LogP contribution in [0.5, 0.6) is 0 Å². The van der Waals surface area contributed by atoms with Crippen LogP contribution in [-0.2, 0) is 13.0 Å². The van der Waals surface area contributed by atoms with Crippen LogP contribution in [0.25, 0.3) is 0 Å².